The Balaban J connectivity index is 2.05. The quantitative estimate of drug-likeness (QED) is 0.841. The van der Waals surface area contributed by atoms with E-state index < -0.39 is 0 Å². The molecule has 0 saturated carbocycles. The number of aromatic amines is 1. The van der Waals surface area contributed by atoms with Gasteiger partial charge < -0.3 is 10.3 Å². The molecule has 0 aliphatic heterocycles. The summed E-state index contributed by atoms with van der Waals surface area (Å²) in [5.74, 6) is 4.01. The van der Waals surface area contributed by atoms with E-state index in [4.69, 9.17) is 6.42 Å². The third kappa shape index (κ3) is 2.61. The Morgan fingerprint density at radius 3 is 3.19 bits per heavy atom. The minimum absolute atomic E-state index is 0.00279. The molecule has 21 heavy (non-hydrogen) atoms. The molecule has 2 aromatic rings. The number of H-pyrrole nitrogens is 1. The molecule has 5 heteroatoms. The number of nitrogens with two attached hydrogens (primary N) is 1. The third-order valence-corrected chi connectivity index (χ3v) is 5.35. The molecular formula is C16H20N3OS+. The molecule has 110 valence electrons. The minimum atomic E-state index is 0.00279. The predicted octanol–water partition coefficient (Wildman–Crippen LogP) is 1.37. The summed E-state index contributed by atoms with van der Waals surface area (Å²) in [6.07, 6.45) is 8.51. The standard InChI is InChI=1S/C16H19N3OS/c1-4-7-17-10(3)14-18-15(20)13-11-6-5-9(2)8-12(11)21-16(13)19-14/h1,9-10,17H,5-8H2,2-3H3,(H,18,19,20)/p+1/t9-,10-/m0/s1. The van der Waals surface area contributed by atoms with Gasteiger partial charge >= 0.3 is 0 Å². The lowest BCUT2D eigenvalue weighted by Gasteiger charge is -2.17. The highest BCUT2D eigenvalue weighted by Gasteiger charge is 2.24. The van der Waals surface area contributed by atoms with E-state index in [1.165, 1.54) is 10.4 Å². The Kier molecular flexibility index (Phi) is 3.83. The van der Waals surface area contributed by atoms with Crippen LogP contribution in [0, 0.1) is 18.3 Å². The monoisotopic (exact) mass is 302 g/mol. The maximum atomic E-state index is 12.4. The number of rotatable bonds is 3. The Morgan fingerprint density at radius 1 is 1.62 bits per heavy atom. The van der Waals surface area contributed by atoms with Crippen LogP contribution in [0.4, 0.5) is 0 Å². The smallest absolute Gasteiger partial charge is 0.260 e. The first kappa shape index (κ1) is 14.3. The first-order chi connectivity index (χ1) is 10.1. The van der Waals surface area contributed by atoms with Crippen LogP contribution in [-0.4, -0.2) is 16.5 Å². The Morgan fingerprint density at radius 2 is 2.43 bits per heavy atom. The zero-order valence-electron chi connectivity index (χ0n) is 12.4. The van der Waals surface area contributed by atoms with Crippen molar-refractivity contribution in [1.82, 2.24) is 9.97 Å². The van der Waals surface area contributed by atoms with Crippen molar-refractivity contribution in [2.24, 2.45) is 5.92 Å². The number of hydrogen-bond donors (Lipinski definition) is 2. The molecule has 0 bridgehead atoms. The van der Waals surface area contributed by atoms with E-state index >= 15 is 0 Å². The first-order valence-corrected chi connectivity index (χ1v) is 8.23. The highest BCUT2D eigenvalue weighted by Crippen LogP contribution is 2.35. The van der Waals surface area contributed by atoms with Gasteiger partial charge in [-0.15, -0.1) is 17.8 Å². The van der Waals surface area contributed by atoms with Crippen molar-refractivity contribution in [3.8, 4) is 12.3 Å². The summed E-state index contributed by atoms with van der Waals surface area (Å²) in [6.45, 7) is 4.87. The number of nitrogens with one attached hydrogen (secondary N) is 1. The molecule has 1 aliphatic rings. The van der Waals surface area contributed by atoms with Gasteiger partial charge in [-0.05, 0) is 43.6 Å². The van der Waals surface area contributed by atoms with Gasteiger partial charge in [0.25, 0.3) is 5.56 Å². The van der Waals surface area contributed by atoms with Crippen molar-refractivity contribution in [3.05, 3.63) is 26.6 Å². The second kappa shape index (κ2) is 5.63. The lowest BCUT2D eigenvalue weighted by Crippen LogP contribution is -2.84. The predicted molar refractivity (Wildman–Crippen MR) is 85.5 cm³/mol. The maximum Gasteiger partial charge on any atom is 0.260 e. The second-order valence-electron chi connectivity index (χ2n) is 5.92. The van der Waals surface area contributed by atoms with Gasteiger partial charge in [-0.2, -0.15) is 0 Å². The van der Waals surface area contributed by atoms with E-state index in [1.54, 1.807) is 11.3 Å². The molecule has 0 saturated heterocycles. The van der Waals surface area contributed by atoms with Crippen LogP contribution in [0.25, 0.3) is 10.2 Å². The summed E-state index contributed by atoms with van der Waals surface area (Å²) < 4.78 is 0. The van der Waals surface area contributed by atoms with E-state index in [1.807, 2.05) is 12.2 Å². The number of thiophene rings is 1. The summed E-state index contributed by atoms with van der Waals surface area (Å²) >= 11 is 1.69. The van der Waals surface area contributed by atoms with Crippen LogP contribution >= 0.6 is 11.3 Å². The van der Waals surface area contributed by atoms with Gasteiger partial charge in [-0.1, -0.05) is 6.92 Å². The lowest BCUT2D eigenvalue weighted by atomic mass is 9.89. The van der Waals surface area contributed by atoms with Crippen LogP contribution in [0.5, 0.6) is 0 Å². The van der Waals surface area contributed by atoms with Gasteiger partial charge in [0.05, 0.1) is 5.39 Å². The molecule has 0 spiro atoms. The van der Waals surface area contributed by atoms with Crippen LogP contribution in [0.1, 0.15) is 42.6 Å². The van der Waals surface area contributed by atoms with Crippen LogP contribution in [0.15, 0.2) is 4.79 Å². The van der Waals surface area contributed by atoms with E-state index in [-0.39, 0.29) is 11.6 Å². The average Bonchev–Trinajstić information content (AvgIpc) is 2.82. The molecule has 2 heterocycles. The first-order valence-electron chi connectivity index (χ1n) is 7.41. The van der Waals surface area contributed by atoms with E-state index in [0.29, 0.717) is 12.5 Å². The lowest BCUT2D eigenvalue weighted by molar-refractivity contribution is -0.683. The van der Waals surface area contributed by atoms with Crippen molar-refractivity contribution < 1.29 is 5.32 Å². The van der Waals surface area contributed by atoms with Crippen molar-refractivity contribution in [2.45, 2.75) is 39.2 Å². The van der Waals surface area contributed by atoms with E-state index in [9.17, 15) is 4.79 Å². The highest BCUT2D eigenvalue weighted by atomic mass is 32.1. The minimum Gasteiger partial charge on any atom is -0.328 e. The maximum absolute atomic E-state index is 12.4. The van der Waals surface area contributed by atoms with Gasteiger partial charge in [0, 0.05) is 4.88 Å². The second-order valence-corrected chi connectivity index (χ2v) is 7.00. The summed E-state index contributed by atoms with van der Waals surface area (Å²) in [5.41, 5.74) is 1.23. The van der Waals surface area contributed by atoms with Crippen molar-refractivity contribution in [3.63, 3.8) is 0 Å². The molecule has 1 aliphatic carbocycles. The molecule has 0 unspecified atom stereocenters. The van der Waals surface area contributed by atoms with E-state index in [0.717, 1.165) is 35.3 Å². The fourth-order valence-corrected chi connectivity index (χ4v) is 4.33. The van der Waals surface area contributed by atoms with Crippen LogP contribution in [0.3, 0.4) is 0 Å². The molecule has 0 radical (unpaired) electrons. The largest absolute Gasteiger partial charge is 0.328 e. The fraction of sp³-hybridized carbons (Fsp3) is 0.500. The van der Waals surface area contributed by atoms with Crippen molar-refractivity contribution in [1.29, 1.82) is 0 Å². The number of nitrogens with zero attached hydrogens (tertiary/aromatic N) is 1. The molecule has 0 aromatic carbocycles. The fourth-order valence-electron chi connectivity index (χ4n) is 2.94. The zero-order chi connectivity index (χ0) is 15.0. The number of aryl methyl sites for hydroxylation is 1. The summed E-state index contributed by atoms with van der Waals surface area (Å²) in [4.78, 5) is 22.3. The van der Waals surface area contributed by atoms with Crippen LogP contribution < -0.4 is 10.9 Å². The SMILES string of the molecule is C#CC[NH2+][C@@H](C)c1nc2sc3c(c2c(=O)[nH]1)CC[C@H](C)C3. The molecule has 3 rings (SSSR count). The van der Waals surface area contributed by atoms with Crippen molar-refractivity contribution in [2.75, 3.05) is 6.54 Å². The van der Waals surface area contributed by atoms with E-state index in [2.05, 4.69) is 22.8 Å². The summed E-state index contributed by atoms with van der Waals surface area (Å²) in [6, 6.07) is 0.0659. The molecule has 4 nitrogen and oxygen atoms in total. The number of quaternary nitrogens is 1. The number of aromatic nitrogens is 2. The van der Waals surface area contributed by atoms with Gasteiger partial charge in [-0.25, -0.2) is 4.98 Å². The van der Waals surface area contributed by atoms with Gasteiger partial charge in [-0.3, -0.25) is 4.79 Å². The van der Waals surface area contributed by atoms with Gasteiger partial charge in [0.15, 0.2) is 5.82 Å². The normalized spacial score (nSPS) is 19.2. The molecule has 2 atom stereocenters. The molecular weight excluding hydrogens is 282 g/mol. The Hall–Kier alpha value is -1.64. The number of fused-ring (bicyclic) bond motifs is 3. The van der Waals surface area contributed by atoms with Gasteiger partial charge in [0.2, 0.25) is 0 Å². The Labute approximate surface area is 128 Å². The van der Waals surface area contributed by atoms with Crippen LogP contribution in [-0.2, 0) is 12.8 Å². The molecule has 2 aromatic heterocycles. The molecule has 3 N–H and O–H groups in total. The summed E-state index contributed by atoms with van der Waals surface area (Å²) in [7, 11) is 0. The van der Waals surface area contributed by atoms with Gasteiger partial charge in [0.1, 0.15) is 17.4 Å². The highest BCUT2D eigenvalue weighted by molar-refractivity contribution is 7.18. The third-order valence-electron chi connectivity index (χ3n) is 4.20. The summed E-state index contributed by atoms with van der Waals surface area (Å²) in [5, 5.41) is 2.81. The topological polar surface area (TPSA) is 62.4 Å². The average molecular weight is 302 g/mol. The number of hydrogen-bond acceptors (Lipinski definition) is 3. The Bertz CT molecular complexity index is 768. The number of terminal acetylenes is 1. The molecule has 0 amide bonds. The van der Waals surface area contributed by atoms with Crippen molar-refractivity contribution >= 4 is 21.6 Å². The molecule has 0 fully saturated rings. The zero-order valence-corrected chi connectivity index (χ0v) is 13.2. The van der Waals surface area contributed by atoms with Crippen LogP contribution in [0.2, 0.25) is 0 Å².